The molecule has 0 radical (unpaired) electrons. The Morgan fingerprint density at radius 2 is 1.84 bits per heavy atom. The molecule has 2 saturated heterocycles. The number of ether oxygens (including phenoxy) is 1. The van der Waals surface area contributed by atoms with Gasteiger partial charge in [-0.3, -0.25) is 4.90 Å². The molecule has 2 aliphatic rings. The highest BCUT2D eigenvalue weighted by Gasteiger charge is 2.30. The normalized spacial score (nSPS) is 17.9. The van der Waals surface area contributed by atoms with Crippen LogP contribution in [0.1, 0.15) is 37.1 Å². The van der Waals surface area contributed by atoms with Crippen molar-refractivity contribution in [2.24, 2.45) is 5.92 Å². The van der Waals surface area contributed by atoms with Gasteiger partial charge in [-0.1, -0.05) is 23.8 Å². The number of aliphatic hydroxyl groups is 1. The molecule has 1 aromatic carbocycles. The number of hydrogen-bond acceptors (Lipinski definition) is 8. The van der Waals surface area contributed by atoms with E-state index in [9.17, 15) is 5.11 Å². The quantitative estimate of drug-likeness (QED) is 0.387. The third-order valence-electron chi connectivity index (χ3n) is 7.78. The second kappa shape index (κ2) is 10.4. The number of fused-ring (bicyclic) bond motifs is 1. The fourth-order valence-corrected chi connectivity index (χ4v) is 6.69. The largest absolute Gasteiger partial charge is 0.390 e. The molecular weight excluding hydrogens is 496 g/mol. The van der Waals surface area contributed by atoms with Gasteiger partial charge in [0, 0.05) is 36.3 Å². The lowest BCUT2D eigenvalue weighted by Gasteiger charge is -2.37. The SMILES string of the molecule is Cc1cccc(-c2ccn(-c3nc(N4CCOCC4)c4sc(CN5CCC(C(C)(C)O)CC5)cc4n3)n2)c1. The zero-order valence-corrected chi connectivity index (χ0v) is 23.2. The van der Waals surface area contributed by atoms with Crippen LogP contribution in [0.5, 0.6) is 0 Å². The Morgan fingerprint density at radius 1 is 1.05 bits per heavy atom. The lowest BCUT2D eigenvalue weighted by atomic mass is 9.83. The van der Waals surface area contributed by atoms with E-state index in [1.54, 1.807) is 16.0 Å². The summed E-state index contributed by atoms with van der Waals surface area (Å²) in [6.45, 7) is 11.9. The molecule has 6 rings (SSSR count). The van der Waals surface area contributed by atoms with Crippen LogP contribution in [-0.2, 0) is 11.3 Å². The van der Waals surface area contributed by atoms with Crippen LogP contribution in [0.25, 0.3) is 27.4 Å². The molecule has 4 aromatic rings. The smallest absolute Gasteiger partial charge is 0.253 e. The molecule has 9 heteroatoms. The van der Waals surface area contributed by atoms with Crippen LogP contribution in [-0.4, -0.2) is 74.7 Å². The Hall–Kier alpha value is -2.85. The molecule has 0 aliphatic carbocycles. The van der Waals surface area contributed by atoms with E-state index in [4.69, 9.17) is 19.8 Å². The Labute approximate surface area is 227 Å². The first-order valence-corrected chi connectivity index (χ1v) is 14.4. The molecule has 1 N–H and O–H groups in total. The average molecular weight is 533 g/mol. The summed E-state index contributed by atoms with van der Waals surface area (Å²) < 4.78 is 8.54. The number of likely N-dealkylation sites (tertiary alicyclic amines) is 1. The molecule has 5 heterocycles. The van der Waals surface area contributed by atoms with Crippen LogP contribution in [0.4, 0.5) is 5.82 Å². The molecule has 2 aliphatic heterocycles. The predicted molar refractivity (Wildman–Crippen MR) is 152 cm³/mol. The fraction of sp³-hybridized carbons (Fsp3) is 0.483. The van der Waals surface area contributed by atoms with E-state index in [2.05, 4.69) is 47.1 Å². The van der Waals surface area contributed by atoms with Crippen LogP contribution in [0.3, 0.4) is 0 Å². The number of aromatic nitrogens is 4. The molecule has 8 nitrogen and oxygen atoms in total. The number of morpholine rings is 1. The van der Waals surface area contributed by atoms with E-state index < -0.39 is 5.60 Å². The molecule has 0 spiro atoms. The first kappa shape index (κ1) is 25.4. The minimum absolute atomic E-state index is 0.362. The molecule has 200 valence electrons. The second-order valence-corrected chi connectivity index (χ2v) is 12.2. The van der Waals surface area contributed by atoms with Crippen molar-refractivity contribution in [3.63, 3.8) is 0 Å². The first-order chi connectivity index (χ1) is 18.3. The summed E-state index contributed by atoms with van der Waals surface area (Å²) in [4.78, 5) is 16.1. The molecule has 2 fully saturated rings. The number of thiophene rings is 1. The molecular formula is C29H36N6O2S. The van der Waals surface area contributed by atoms with E-state index in [-0.39, 0.29) is 0 Å². The van der Waals surface area contributed by atoms with E-state index in [1.807, 2.05) is 26.1 Å². The molecule has 0 bridgehead atoms. The van der Waals surface area contributed by atoms with E-state index in [1.165, 1.54) is 10.4 Å². The van der Waals surface area contributed by atoms with Crippen LogP contribution in [0, 0.1) is 12.8 Å². The Kier molecular flexibility index (Phi) is 6.94. The summed E-state index contributed by atoms with van der Waals surface area (Å²) in [6, 6.07) is 12.6. The molecule has 0 saturated carbocycles. The van der Waals surface area contributed by atoms with Crippen molar-refractivity contribution in [2.75, 3.05) is 44.3 Å². The van der Waals surface area contributed by atoms with Crippen LogP contribution in [0.15, 0.2) is 42.6 Å². The zero-order chi connectivity index (χ0) is 26.3. The van der Waals surface area contributed by atoms with Gasteiger partial charge in [0.25, 0.3) is 5.95 Å². The van der Waals surface area contributed by atoms with Crippen LogP contribution in [0.2, 0.25) is 0 Å². The van der Waals surface area contributed by atoms with Gasteiger partial charge in [0.15, 0.2) is 5.82 Å². The third-order valence-corrected chi connectivity index (χ3v) is 8.88. The summed E-state index contributed by atoms with van der Waals surface area (Å²) >= 11 is 1.80. The fourth-order valence-electron chi connectivity index (χ4n) is 5.53. The minimum atomic E-state index is -0.603. The summed E-state index contributed by atoms with van der Waals surface area (Å²) in [5, 5.41) is 15.2. The Morgan fingerprint density at radius 3 is 2.58 bits per heavy atom. The van der Waals surface area contributed by atoms with E-state index >= 15 is 0 Å². The third kappa shape index (κ3) is 5.33. The van der Waals surface area contributed by atoms with Gasteiger partial charge >= 0.3 is 0 Å². The van der Waals surface area contributed by atoms with Gasteiger partial charge < -0.3 is 14.7 Å². The van der Waals surface area contributed by atoms with Crippen molar-refractivity contribution in [3.8, 4) is 17.2 Å². The lowest BCUT2D eigenvalue weighted by Crippen LogP contribution is -2.41. The highest BCUT2D eigenvalue weighted by atomic mass is 32.1. The van der Waals surface area contributed by atoms with Crippen molar-refractivity contribution in [1.29, 1.82) is 0 Å². The molecule has 0 atom stereocenters. The van der Waals surface area contributed by atoms with Gasteiger partial charge in [0.2, 0.25) is 0 Å². The minimum Gasteiger partial charge on any atom is -0.390 e. The summed E-state index contributed by atoms with van der Waals surface area (Å²) in [7, 11) is 0. The predicted octanol–water partition coefficient (Wildman–Crippen LogP) is 4.67. The number of hydrogen-bond donors (Lipinski definition) is 1. The van der Waals surface area contributed by atoms with Crippen molar-refractivity contribution in [1.82, 2.24) is 24.6 Å². The number of rotatable bonds is 6. The number of aryl methyl sites for hydroxylation is 1. The summed E-state index contributed by atoms with van der Waals surface area (Å²) in [5.74, 6) is 1.92. The van der Waals surface area contributed by atoms with Crippen LogP contribution < -0.4 is 4.90 Å². The van der Waals surface area contributed by atoms with Gasteiger partial charge in [-0.05, 0) is 70.8 Å². The summed E-state index contributed by atoms with van der Waals surface area (Å²) in [5.41, 5.74) is 3.57. The van der Waals surface area contributed by atoms with E-state index in [0.717, 1.165) is 72.9 Å². The second-order valence-electron chi connectivity index (χ2n) is 11.1. The number of anilines is 1. The monoisotopic (exact) mass is 532 g/mol. The molecule has 3 aromatic heterocycles. The zero-order valence-electron chi connectivity index (χ0n) is 22.4. The molecule has 38 heavy (non-hydrogen) atoms. The topological polar surface area (TPSA) is 79.5 Å². The van der Waals surface area contributed by atoms with E-state index in [0.29, 0.717) is 25.1 Å². The maximum Gasteiger partial charge on any atom is 0.253 e. The highest BCUT2D eigenvalue weighted by molar-refractivity contribution is 7.19. The highest BCUT2D eigenvalue weighted by Crippen LogP contribution is 2.35. The maximum atomic E-state index is 10.4. The van der Waals surface area contributed by atoms with Crippen molar-refractivity contribution >= 4 is 27.4 Å². The number of benzene rings is 1. The lowest BCUT2D eigenvalue weighted by molar-refractivity contribution is -0.0134. The van der Waals surface area contributed by atoms with Gasteiger partial charge in [-0.2, -0.15) is 10.1 Å². The summed E-state index contributed by atoms with van der Waals surface area (Å²) in [6.07, 6.45) is 4.00. The van der Waals surface area contributed by atoms with Gasteiger partial charge in [0.05, 0.1) is 34.7 Å². The Balaban J connectivity index is 1.30. The van der Waals surface area contributed by atoms with Crippen molar-refractivity contribution in [2.45, 2.75) is 45.8 Å². The molecule has 0 amide bonds. The standard InChI is InChI=1S/C29H36N6O2S/c1-20-5-4-6-21(17-20)24-9-12-35(32-24)28-30-25-18-23(19-33-10-7-22(8-11-33)29(2,3)36)38-26(25)27(31-28)34-13-15-37-16-14-34/h4-6,9,12,17-18,22,36H,7-8,10-11,13-16,19H2,1-3H3. The number of nitrogens with zero attached hydrogens (tertiary/aromatic N) is 6. The van der Waals surface area contributed by atoms with Gasteiger partial charge in [-0.25, -0.2) is 9.67 Å². The average Bonchev–Trinajstić information content (AvgIpc) is 3.56. The maximum absolute atomic E-state index is 10.4. The van der Waals surface area contributed by atoms with Crippen molar-refractivity contribution < 1.29 is 9.84 Å². The van der Waals surface area contributed by atoms with Gasteiger partial charge in [0.1, 0.15) is 0 Å². The molecule has 0 unspecified atom stereocenters. The van der Waals surface area contributed by atoms with Crippen LogP contribution >= 0.6 is 11.3 Å². The Bertz CT molecular complexity index is 1410. The first-order valence-electron chi connectivity index (χ1n) is 13.5. The van der Waals surface area contributed by atoms with Crippen molar-refractivity contribution in [3.05, 3.63) is 53.0 Å². The number of piperidine rings is 1. The van der Waals surface area contributed by atoms with Gasteiger partial charge in [-0.15, -0.1) is 11.3 Å².